The molecule has 6 nitrogen and oxygen atoms in total. The van der Waals surface area contributed by atoms with E-state index in [1.165, 1.54) is 31.0 Å². The lowest BCUT2D eigenvalue weighted by molar-refractivity contribution is -0.118. The molecular weight excluding hydrogens is 396 g/mol. The molecule has 1 aromatic rings. The van der Waals surface area contributed by atoms with Gasteiger partial charge in [0, 0.05) is 23.4 Å². The van der Waals surface area contributed by atoms with E-state index in [2.05, 4.69) is 4.99 Å². The number of amidine groups is 1. The molecule has 4 rings (SSSR count). The van der Waals surface area contributed by atoms with Crippen LogP contribution in [0.3, 0.4) is 0 Å². The predicted octanol–water partition coefficient (Wildman–Crippen LogP) is 3.27. The Morgan fingerprint density at radius 1 is 1.25 bits per heavy atom. The van der Waals surface area contributed by atoms with E-state index in [1.807, 2.05) is 29.2 Å². The summed E-state index contributed by atoms with van der Waals surface area (Å²) in [4.78, 5) is 19.0. The third-order valence-electron chi connectivity index (χ3n) is 5.81. The van der Waals surface area contributed by atoms with Crippen LogP contribution < -0.4 is 9.64 Å². The fourth-order valence-corrected chi connectivity index (χ4v) is 8.35. The van der Waals surface area contributed by atoms with Gasteiger partial charge in [-0.15, -0.1) is 0 Å². The molecule has 3 fully saturated rings. The summed E-state index contributed by atoms with van der Waals surface area (Å²) in [5, 5.41) is 0.538. The Bertz CT molecular complexity index is 878. The van der Waals surface area contributed by atoms with Gasteiger partial charge in [0.1, 0.15) is 5.75 Å². The van der Waals surface area contributed by atoms with Crippen molar-refractivity contribution in [2.24, 2.45) is 10.9 Å². The molecule has 3 aliphatic rings. The zero-order valence-electron chi connectivity index (χ0n) is 16.0. The van der Waals surface area contributed by atoms with Crippen molar-refractivity contribution < 1.29 is 17.9 Å². The van der Waals surface area contributed by atoms with Gasteiger partial charge in [-0.25, -0.2) is 8.42 Å². The number of amides is 1. The molecule has 2 saturated heterocycles. The second-order valence-corrected chi connectivity index (χ2v) is 11.2. The molecule has 0 radical (unpaired) electrons. The minimum absolute atomic E-state index is 0.0857. The number of aliphatic imine (C=N–C) groups is 1. The van der Waals surface area contributed by atoms with E-state index in [0.29, 0.717) is 23.3 Å². The molecule has 8 heteroatoms. The van der Waals surface area contributed by atoms with Gasteiger partial charge in [-0.2, -0.15) is 4.99 Å². The van der Waals surface area contributed by atoms with Gasteiger partial charge in [0.05, 0.1) is 24.7 Å². The lowest BCUT2D eigenvalue weighted by atomic mass is 9.87. The molecule has 0 spiro atoms. The van der Waals surface area contributed by atoms with Crippen LogP contribution in [0.2, 0.25) is 0 Å². The summed E-state index contributed by atoms with van der Waals surface area (Å²) in [7, 11) is -1.47. The van der Waals surface area contributed by atoms with Crippen molar-refractivity contribution in [2.75, 3.05) is 23.5 Å². The van der Waals surface area contributed by atoms with Gasteiger partial charge in [0.2, 0.25) is 5.91 Å². The van der Waals surface area contributed by atoms with E-state index in [-0.39, 0.29) is 28.7 Å². The summed E-state index contributed by atoms with van der Waals surface area (Å²) in [5.41, 5.74) is 0.820. The first-order chi connectivity index (χ1) is 13.4. The molecule has 1 aliphatic carbocycles. The number of hydrogen-bond donors (Lipinski definition) is 0. The average molecular weight is 423 g/mol. The number of fused-ring (bicyclic) bond motifs is 1. The zero-order chi connectivity index (χ0) is 19.7. The van der Waals surface area contributed by atoms with Crippen molar-refractivity contribution in [1.29, 1.82) is 0 Å². The van der Waals surface area contributed by atoms with Gasteiger partial charge < -0.3 is 9.64 Å². The number of ether oxygens (including phenoxy) is 1. The normalized spacial score (nSPS) is 28.5. The van der Waals surface area contributed by atoms with Crippen molar-refractivity contribution in [2.45, 2.75) is 49.8 Å². The van der Waals surface area contributed by atoms with Crippen molar-refractivity contribution in [3.05, 3.63) is 24.3 Å². The summed E-state index contributed by atoms with van der Waals surface area (Å²) in [6, 6.07) is 7.31. The topological polar surface area (TPSA) is 76.0 Å². The number of nitrogens with zero attached hydrogens (tertiary/aromatic N) is 2. The Morgan fingerprint density at radius 2 is 2.04 bits per heavy atom. The van der Waals surface area contributed by atoms with Crippen molar-refractivity contribution in [1.82, 2.24) is 0 Å². The predicted molar refractivity (Wildman–Crippen MR) is 113 cm³/mol. The van der Waals surface area contributed by atoms with Crippen LogP contribution in [-0.4, -0.2) is 49.4 Å². The Balaban J connectivity index is 1.60. The monoisotopic (exact) mass is 422 g/mol. The first-order valence-electron chi connectivity index (χ1n) is 9.87. The fraction of sp³-hybridized carbons (Fsp3) is 0.600. The summed E-state index contributed by atoms with van der Waals surface area (Å²) in [6.07, 6.45) is 6.35. The minimum atomic E-state index is -3.07. The average Bonchev–Trinajstić information content (AvgIpc) is 3.13. The van der Waals surface area contributed by atoms with Gasteiger partial charge in [0.25, 0.3) is 0 Å². The number of carbonyl (C=O) groups is 1. The van der Waals surface area contributed by atoms with E-state index in [4.69, 9.17) is 4.74 Å². The van der Waals surface area contributed by atoms with Crippen molar-refractivity contribution >= 4 is 38.4 Å². The highest BCUT2D eigenvalue weighted by atomic mass is 32.2. The van der Waals surface area contributed by atoms with E-state index in [1.54, 1.807) is 7.11 Å². The van der Waals surface area contributed by atoms with Crippen LogP contribution in [0.4, 0.5) is 5.69 Å². The summed E-state index contributed by atoms with van der Waals surface area (Å²) >= 11 is 1.43. The van der Waals surface area contributed by atoms with Gasteiger partial charge >= 0.3 is 0 Å². The highest BCUT2D eigenvalue weighted by Gasteiger charge is 2.49. The first-order valence-corrected chi connectivity index (χ1v) is 12.6. The van der Waals surface area contributed by atoms with Crippen LogP contribution in [0.5, 0.6) is 5.75 Å². The lowest BCUT2D eigenvalue weighted by Crippen LogP contribution is -2.37. The van der Waals surface area contributed by atoms with E-state index >= 15 is 0 Å². The summed E-state index contributed by atoms with van der Waals surface area (Å²) < 4.78 is 29.7. The maximum atomic E-state index is 12.6. The number of thioether (sulfide) groups is 1. The van der Waals surface area contributed by atoms with Crippen LogP contribution in [0.15, 0.2) is 29.3 Å². The standard InChI is InChI=1S/C20H26N2O4S2/c1-26-16-9-5-8-15(11-16)22-17-12-28(24,25)13-18(17)27-20(22)21-19(23)10-14-6-3-2-4-7-14/h5,8-9,11,14,17-18H,2-4,6-7,10,12-13H2,1H3/t17-,18+/m0/s1. The summed E-state index contributed by atoms with van der Waals surface area (Å²) in [6.45, 7) is 0. The Kier molecular flexibility index (Phi) is 5.69. The van der Waals surface area contributed by atoms with Crippen molar-refractivity contribution in [3.8, 4) is 5.75 Å². The Morgan fingerprint density at radius 3 is 2.79 bits per heavy atom. The minimum Gasteiger partial charge on any atom is -0.497 e. The molecule has 0 N–H and O–H groups in total. The highest BCUT2D eigenvalue weighted by Crippen LogP contribution is 2.41. The smallest absolute Gasteiger partial charge is 0.248 e. The molecule has 0 bridgehead atoms. The number of methoxy groups -OCH3 is 1. The lowest BCUT2D eigenvalue weighted by Gasteiger charge is -2.25. The van der Waals surface area contributed by atoms with Gasteiger partial charge in [0.15, 0.2) is 15.0 Å². The largest absolute Gasteiger partial charge is 0.497 e. The van der Waals surface area contributed by atoms with Crippen LogP contribution in [-0.2, 0) is 14.6 Å². The molecule has 1 saturated carbocycles. The van der Waals surface area contributed by atoms with Gasteiger partial charge in [-0.3, -0.25) is 4.79 Å². The molecular formula is C20H26N2O4S2. The molecule has 2 atom stereocenters. The van der Waals surface area contributed by atoms with Crippen LogP contribution in [0.1, 0.15) is 38.5 Å². The molecule has 152 valence electrons. The van der Waals surface area contributed by atoms with Gasteiger partial charge in [-0.1, -0.05) is 37.1 Å². The van der Waals surface area contributed by atoms with E-state index in [0.717, 1.165) is 18.5 Å². The molecule has 1 aromatic carbocycles. The molecule has 28 heavy (non-hydrogen) atoms. The Hall–Kier alpha value is -1.54. The second-order valence-electron chi connectivity index (χ2n) is 7.87. The number of hydrogen-bond acceptors (Lipinski definition) is 5. The first kappa shape index (κ1) is 19.8. The fourth-order valence-electron chi connectivity index (χ4n) is 4.42. The quantitative estimate of drug-likeness (QED) is 0.741. The number of rotatable bonds is 4. The molecule has 2 heterocycles. The number of carbonyl (C=O) groups excluding carboxylic acids is 1. The van der Waals surface area contributed by atoms with E-state index in [9.17, 15) is 13.2 Å². The van der Waals surface area contributed by atoms with E-state index < -0.39 is 9.84 Å². The Labute approximate surface area is 170 Å². The SMILES string of the molecule is COc1cccc(N2C(=NC(=O)CC3CCCCC3)S[C@@H]3CS(=O)(=O)C[C@@H]32)c1. The maximum Gasteiger partial charge on any atom is 0.248 e. The van der Waals surface area contributed by atoms with Crippen LogP contribution in [0.25, 0.3) is 0 Å². The highest BCUT2D eigenvalue weighted by molar-refractivity contribution is 8.16. The zero-order valence-corrected chi connectivity index (χ0v) is 17.7. The summed E-state index contributed by atoms with van der Waals surface area (Å²) in [5.74, 6) is 1.27. The molecule has 0 aromatic heterocycles. The molecule has 2 aliphatic heterocycles. The second kappa shape index (κ2) is 8.06. The molecule has 0 unspecified atom stereocenters. The number of benzene rings is 1. The van der Waals surface area contributed by atoms with Gasteiger partial charge in [-0.05, 0) is 30.9 Å². The maximum absolute atomic E-state index is 12.6. The van der Waals surface area contributed by atoms with Crippen LogP contribution in [0, 0.1) is 5.92 Å². The number of anilines is 1. The van der Waals surface area contributed by atoms with Crippen molar-refractivity contribution in [3.63, 3.8) is 0 Å². The third-order valence-corrected chi connectivity index (χ3v) is 9.02. The number of sulfone groups is 1. The third kappa shape index (κ3) is 4.22. The molecule has 1 amide bonds. The van der Waals surface area contributed by atoms with Crippen LogP contribution >= 0.6 is 11.8 Å².